The van der Waals surface area contributed by atoms with Gasteiger partial charge in [-0.2, -0.15) is 0 Å². The van der Waals surface area contributed by atoms with Gasteiger partial charge in [0.15, 0.2) is 0 Å². The molecule has 514 valence electrons. The number of hydrogen-bond donors (Lipinski definition) is 3. The summed E-state index contributed by atoms with van der Waals surface area (Å²) < 4.78 is 5.51. The molecular weight excluding hydrogens is 1070 g/mol. The van der Waals surface area contributed by atoms with Gasteiger partial charge in [-0.25, -0.2) is 0 Å². The van der Waals surface area contributed by atoms with Crippen molar-refractivity contribution < 1.29 is 24.5 Å². The summed E-state index contributed by atoms with van der Waals surface area (Å²) in [6.45, 7) is 4.99. The van der Waals surface area contributed by atoms with Gasteiger partial charge >= 0.3 is 5.97 Å². The minimum absolute atomic E-state index is 0.0176. The average Bonchev–Trinajstić information content (AvgIpc) is 3.53. The molecule has 87 heavy (non-hydrogen) atoms. The van der Waals surface area contributed by atoms with Crippen molar-refractivity contribution in [3.05, 3.63) is 36.5 Å². The molecule has 0 saturated heterocycles. The number of rotatable bonds is 75. The SMILES string of the molecule is CCCCCCCC/C=C\CCCCCCCCCC(=O)OCCCCCCCCCCCCCCCCC/C=C\C/C=C\CCCCCCCCCCCCCCCCCCCC(=O)NC(CO)C(O)CCCCCCCCCCCCCCCC. The molecule has 0 rings (SSSR count). The molecule has 0 bridgehead atoms. The van der Waals surface area contributed by atoms with Crippen molar-refractivity contribution in [2.24, 2.45) is 0 Å². The number of esters is 1. The maximum absolute atomic E-state index is 12.5. The van der Waals surface area contributed by atoms with Crippen LogP contribution in [0.15, 0.2) is 36.5 Å². The van der Waals surface area contributed by atoms with E-state index in [0.29, 0.717) is 25.9 Å². The first-order valence-electron chi connectivity index (χ1n) is 39.7. The van der Waals surface area contributed by atoms with Crippen LogP contribution in [0.4, 0.5) is 0 Å². The predicted molar refractivity (Wildman–Crippen MR) is 384 cm³/mol. The number of hydrogen-bond acceptors (Lipinski definition) is 5. The zero-order valence-corrected chi connectivity index (χ0v) is 59.0. The summed E-state index contributed by atoms with van der Waals surface area (Å²) in [5.74, 6) is -0.0115. The van der Waals surface area contributed by atoms with E-state index in [4.69, 9.17) is 4.74 Å². The summed E-state index contributed by atoms with van der Waals surface area (Å²) in [6.07, 6.45) is 99.6. The normalized spacial score (nSPS) is 12.6. The lowest BCUT2D eigenvalue weighted by Gasteiger charge is -2.22. The average molecular weight is 1220 g/mol. The molecule has 0 aliphatic heterocycles. The van der Waals surface area contributed by atoms with Crippen molar-refractivity contribution in [3.8, 4) is 0 Å². The Bertz CT molecular complexity index is 1410. The van der Waals surface area contributed by atoms with Crippen molar-refractivity contribution in [2.75, 3.05) is 13.2 Å². The van der Waals surface area contributed by atoms with E-state index in [0.717, 1.165) is 51.4 Å². The molecule has 1 amide bonds. The highest BCUT2D eigenvalue weighted by Crippen LogP contribution is 2.20. The number of amides is 1. The second kappa shape index (κ2) is 76.5. The van der Waals surface area contributed by atoms with Crippen LogP contribution in [0.2, 0.25) is 0 Å². The van der Waals surface area contributed by atoms with E-state index in [9.17, 15) is 19.8 Å². The van der Waals surface area contributed by atoms with Gasteiger partial charge in [0.25, 0.3) is 0 Å². The van der Waals surface area contributed by atoms with E-state index < -0.39 is 12.1 Å². The van der Waals surface area contributed by atoms with Gasteiger partial charge in [0.05, 0.1) is 25.4 Å². The van der Waals surface area contributed by atoms with E-state index in [1.54, 1.807) is 0 Å². The molecule has 0 aromatic heterocycles. The number of aliphatic hydroxyl groups excluding tert-OH is 2. The standard InChI is InChI=1S/C81H155NO5/c1-3-5-7-9-11-13-15-17-19-43-47-51-55-59-63-67-71-75-81(86)87-76-72-68-64-60-56-52-48-45-42-40-38-36-34-32-30-28-26-24-22-20-21-23-25-27-29-31-33-35-37-39-41-44-46-50-54-58-62-66-70-74-80(85)82-78(77-83)79(84)73-69-65-61-57-53-49-18-16-14-12-10-8-6-4-2/h17,19-21,24,26,78-79,83-84H,3-16,18,22-23,25,27-77H2,1-2H3,(H,82,85)/b19-17-,21-20-,26-24-. The Morgan fingerprint density at radius 2 is 0.575 bits per heavy atom. The van der Waals surface area contributed by atoms with Gasteiger partial charge in [0.1, 0.15) is 0 Å². The van der Waals surface area contributed by atoms with Gasteiger partial charge < -0.3 is 20.3 Å². The first-order chi connectivity index (χ1) is 43.0. The fourth-order valence-corrected chi connectivity index (χ4v) is 12.6. The second-order valence-electron chi connectivity index (χ2n) is 27.4. The van der Waals surface area contributed by atoms with Gasteiger partial charge in [-0.3, -0.25) is 9.59 Å². The fourth-order valence-electron chi connectivity index (χ4n) is 12.6. The smallest absolute Gasteiger partial charge is 0.305 e. The van der Waals surface area contributed by atoms with E-state index in [-0.39, 0.29) is 18.5 Å². The molecule has 0 aromatic rings. The molecule has 2 unspecified atom stereocenters. The summed E-state index contributed by atoms with van der Waals surface area (Å²) in [5.41, 5.74) is 0. The minimum Gasteiger partial charge on any atom is -0.466 e. The molecule has 0 aliphatic carbocycles. The molecular formula is C81H155NO5. The van der Waals surface area contributed by atoms with Crippen LogP contribution in [-0.2, 0) is 14.3 Å². The van der Waals surface area contributed by atoms with Crippen LogP contribution in [0, 0.1) is 0 Å². The van der Waals surface area contributed by atoms with Gasteiger partial charge in [0.2, 0.25) is 5.91 Å². The monoisotopic (exact) mass is 1220 g/mol. The van der Waals surface area contributed by atoms with E-state index in [2.05, 4.69) is 55.6 Å². The molecule has 0 heterocycles. The van der Waals surface area contributed by atoms with Crippen molar-refractivity contribution in [1.82, 2.24) is 5.32 Å². The van der Waals surface area contributed by atoms with Crippen molar-refractivity contribution in [1.29, 1.82) is 0 Å². The van der Waals surface area contributed by atoms with Crippen LogP contribution >= 0.6 is 0 Å². The van der Waals surface area contributed by atoms with Gasteiger partial charge in [-0.15, -0.1) is 0 Å². The molecule has 3 N–H and O–H groups in total. The molecule has 0 aromatic carbocycles. The van der Waals surface area contributed by atoms with Gasteiger partial charge in [-0.1, -0.05) is 384 Å². The molecule has 0 saturated carbocycles. The van der Waals surface area contributed by atoms with Crippen LogP contribution in [0.5, 0.6) is 0 Å². The number of ether oxygens (including phenoxy) is 1. The van der Waals surface area contributed by atoms with Gasteiger partial charge in [-0.05, 0) is 83.5 Å². The molecule has 0 radical (unpaired) electrons. The highest BCUT2D eigenvalue weighted by molar-refractivity contribution is 5.76. The largest absolute Gasteiger partial charge is 0.466 e. The number of unbranched alkanes of at least 4 members (excludes halogenated alkanes) is 58. The third-order valence-corrected chi connectivity index (χ3v) is 18.7. The summed E-state index contributed by atoms with van der Waals surface area (Å²) >= 11 is 0. The summed E-state index contributed by atoms with van der Waals surface area (Å²) in [7, 11) is 0. The lowest BCUT2D eigenvalue weighted by molar-refractivity contribution is -0.143. The molecule has 6 nitrogen and oxygen atoms in total. The summed E-state index contributed by atoms with van der Waals surface area (Å²) in [4.78, 5) is 24.6. The highest BCUT2D eigenvalue weighted by Gasteiger charge is 2.20. The van der Waals surface area contributed by atoms with E-state index >= 15 is 0 Å². The number of aliphatic hydroxyl groups is 2. The fraction of sp³-hybridized carbons (Fsp3) is 0.901. The number of nitrogens with one attached hydrogen (secondary N) is 1. The number of carbonyl (C=O) groups excluding carboxylic acids is 2. The minimum atomic E-state index is -0.662. The molecule has 0 aliphatic rings. The van der Waals surface area contributed by atoms with E-state index in [1.165, 1.54) is 360 Å². The van der Waals surface area contributed by atoms with Crippen LogP contribution in [-0.4, -0.2) is 47.4 Å². The van der Waals surface area contributed by atoms with Crippen LogP contribution in [0.1, 0.15) is 444 Å². The third-order valence-electron chi connectivity index (χ3n) is 18.7. The lowest BCUT2D eigenvalue weighted by Crippen LogP contribution is -2.45. The first kappa shape index (κ1) is 85.1. The van der Waals surface area contributed by atoms with Crippen molar-refractivity contribution >= 4 is 11.9 Å². The van der Waals surface area contributed by atoms with Crippen molar-refractivity contribution in [3.63, 3.8) is 0 Å². The van der Waals surface area contributed by atoms with Crippen LogP contribution < -0.4 is 5.32 Å². The predicted octanol–water partition coefficient (Wildman–Crippen LogP) is 26.2. The Balaban J connectivity index is 3.34. The zero-order chi connectivity index (χ0) is 62.8. The Kier molecular flexibility index (Phi) is 74.8. The Labute approximate surface area is 544 Å². The zero-order valence-electron chi connectivity index (χ0n) is 59.0. The third kappa shape index (κ3) is 73.0. The molecule has 0 spiro atoms. The summed E-state index contributed by atoms with van der Waals surface area (Å²) in [6, 6.07) is -0.539. The topological polar surface area (TPSA) is 95.9 Å². The maximum atomic E-state index is 12.5. The Hall–Kier alpha value is -1.92. The van der Waals surface area contributed by atoms with Crippen LogP contribution in [0.25, 0.3) is 0 Å². The summed E-state index contributed by atoms with van der Waals surface area (Å²) in [5, 5.41) is 23.3. The molecule has 6 heteroatoms. The van der Waals surface area contributed by atoms with Crippen LogP contribution in [0.3, 0.4) is 0 Å². The Morgan fingerprint density at radius 3 is 0.885 bits per heavy atom. The maximum Gasteiger partial charge on any atom is 0.305 e. The Morgan fingerprint density at radius 1 is 0.322 bits per heavy atom. The van der Waals surface area contributed by atoms with E-state index in [1.807, 2.05) is 0 Å². The molecule has 2 atom stereocenters. The second-order valence-corrected chi connectivity index (χ2v) is 27.4. The van der Waals surface area contributed by atoms with Crippen molar-refractivity contribution in [2.45, 2.75) is 456 Å². The number of allylic oxidation sites excluding steroid dienone is 6. The number of carbonyl (C=O) groups is 2. The first-order valence-corrected chi connectivity index (χ1v) is 39.7. The molecule has 0 fully saturated rings. The lowest BCUT2D eigenvalue weighted by atomic mass is 10.0. The quantitative estimate of drug-likeness (QED) is 0.0320. The highest BCUT2D eigenvalue weighted by atomic mass is 16.5. The van der Waals surface area contributed by atoms with Gasteiger partial charge in [0, 0.05) is 12.8 Å².